The third-order valence-corrected chi connectivity index (χ3v) is 3.27. The van der Waals surface area contributed by atoms with E-state index in [0.29, 0.717) is 13.0 Å². The molecule has 3 rings (SSSR count). The van der Waals surface area contributed by atoms with Crippen LogP contribution in [0.2, 0.25) is 0 Å². The maximum atomic E-state index is 11.6. The van der Waals surface area contributed by atoms with Crippen molar-refractivity contribution in [2.45, 2.75) is 19.4 Å². The predicted octanol–water partition coefficient (Wildman–Crippen LogP) is 3.39. The first-order valence-corrected chi connectivity index (χ1v) is 6.16. The van der Waals surface area contributed by atoms with Crippen molar-refractivity contribution in [1.29, 1.82) is 0 Å². The van der Waals surface area contributed by atoms with Crippen molar-refractivity contribution in [3.05, 3.63) is 65.2 Å². The minimum Gasteiger partial charge on any atom is -0.489 e. The van der Waals surface area contributed by atoms with E-state index in [1.165, 1.54) is 0 Å². The van der Waals surface area contributed by atoms with Crippen LogP contribution in [0.25, 0.3) is 0 Å². The van der Waals surface area contributed by atoms with Gasteiger partial charge in [-0.1, -0.05) is 42.5 Å². The van der Waals surface area contributed by atoms with Gasteiger partial charge in [0.25, 0.3) is 0 Å². The summed E-state index contributed by atoms with van der Waals surface area (Å²) in [6.07, 6.45) is 1.42. The van der Waals surface area contributed by atoms with E-state index >= 15 is 0 Å². The quantitative estimate of drug-likeness (QED) is 0.819. The highest BCUT2D eigenvalue weighted by Gasteiger charge is 2.22. The molecule has 1 aliphatic carbocycles. The first kappa shape index (κ1) is 11.0. The van der Waals surface area contributed by atoms with Crippen molar-refractivity contribution in [1.82, 2.24) is 0 Å². The van der Waals surface area contributed by atoms with Crippen molar-refractivity contribution in [3.8, 4) is 5.75 Å². The third kappa shape index (κ3) is 2.02. The van der Waals surface area contributed by atoms with Crippen molar-refractivity contribution in [2.75, 3.05) is 0 Å². The molecule has 0 bridgehead atoms. The summed E-state index contributed by atoms with van der Waals surface area (Å²) >= 11 is 0. The van der Waals surface area contributed by atoms with E-state index in [9.17, 15) is 4.79 Å². The number of ether oxygens (including phenoxy) is 1. The van der Waals surface area contributed by atoms with Crippen LogP contribution in [0.1, 0.15) is 27.9 Å². The standard InChI is InChI=1S/C16H14O2/c17-15-10-9-14-13(15)7-4-8-16(14)18-11-12-5-2-1-3-6-12/h1-8H,9-11H2. The molecule has 0 saturated carbocycles. The van der Waals surface area contributed by atoms with Gasteiger partial charge in [-0.05, 0) is 18.1 Å². The Morgan fingerprint density at radius 1 is 0.944 bits per heavy atom. The van der Waals surface area contributed by atoms with Crippen molar-refractivity contribution < 1.29 is 9.53 Å². The van der Waals surface area contributed by atoms with E-state index in [0.717, 1.165) is 28.9 Å². The fraction of sp³-hybridized carbons (Fsp3) is 0.188. The van der Waals surface area contributed by atoms with Crippen LogP contribution in [0, 0.1) is 0 Å². The van der Waals surface area contributed by atoms with Crippen LogP contribution < -0.4 is 4.74 Å². The lowest BCUT2D eigenvalue weighted by Gasteiger charge is -2.10. The molecule has 0 heterocycles. The molecule has 2 nitrogen and oxygen atoms in total. The van der Waals surface area contributed by atoms with Gasteiger partial charge in [0, 0.05) is 17.5 Å². The topological polar surface area (TPSA) is 26.3 Å². The number of carbonyl (C=O) groups excluding carboxylic acids is 1. The van der Waals surface area contributed by atoms with E-state index in [-0.39, 0.29) is 5.78 Å². The number of benzene rings is 2. The first-order valence-electron chi connectivity index (χ1n) is 6.16. The molecule has 2 aromatic rings. The third-order valence-electron chi connectivity index (χ3n) is 3.27. The number of fused-ring (bicyclic) bond motifs is 1. The van der Waals surface area contributed by atoms with Crippen LogP contribution in [0.3, 0.4) is 0 Å². The van der Waals surface area contributed by atoms with E-state index < -0.39 is 0 Å². The summed E-state index contributed by atoms with van der Waals surface area (Å²) in [5.74, 6) is 1.08. The Bertz CT molecular complexity index is 573. The molecule has 0 fully saturated rings. The normalized spacial score (nSPS) is 13.4. The SMILES string of the molecule is O=C1CCc2c(OCc3ccccc3)cccc21. The Morgan fingerprint density at radius 2 is 1.78 bits per heavy atom. The van der Waals surface area contributed by atoms with Crippen molar-refractivity contribution >= 4 is 5.78 Å². The molecule has 0 aliphatic heterocycles. The van der Waals surface area contributed by atoms with Crippen LogP contribution in [0.4, 0.5) is 0 Å². The molecule has 18 heavy (non-hydrogen) atoms. The second-order valence-electron chi connectivity index (χ2n) is 4.48. The molecule has 0 saturated heterocycles. The first-order chi connectivity index (χ1) is 8.84. The maximum Gasteiger partial charge on any atom is 0.163 e. The van der Waals surface area contributed by atoms with E-state index in [2.05, 4.69) is 0 Å². The zero-order chi connectivity index (χ0) is 12.4. The molecule has 0 N–H and O–H groups in total. The second kappa shape index (κ2) is 4.65. The Morgan fingerprint density at radius 3 is 2.61 bits per heavy atom. The smallest absolute Gasteiger partial charge is 0.163 e. The predicted molar refractivity (Wildman–Crippen MR) is 69.9 cm³/mol. The van der Waals surface area contributed by atoms with Gasteiger partial charge in [0.15, 0.2) is 5.78 Å². The summed E-state index contributed by atoms with van der Waals surface area (Å²) in [7, 11) is 0. The zero-order valence-electron chi connectivity index (χ0n) is 10.1. The Balaban J connectivity index is 1.80. The molecular weight excluding hydrogens is 224 g/mol. The molecular formula is C16H14O2. The molecule has 0 spiro atoms. The number of rotatable bonds is 3. The lowest BCUT2D eigenvalue weighted by Crippen LogP contribution is -1.98. The van der Waals surface area contributed by atoms with Gasteiger partial charge in [-0.3, -0.25) is 4.79 Å². The van der Waals surface area contributed by atoms with Gasteiger partial charge in [0.05, 0.1) is 0 Å². The Hall–Kier alpha value is -2.09. The number of hydrogen-bond acceptors (Lipinski definition) is 2. The van der Waals surface area contributed by atoms with Crippen LogP contribution in [0.5, 0.6) is 5.75 Å². The number of hydrogen-bond donors (Lipinski definition) is 0. The second-order valence-corrected chi connectivity index (χ2v) is 4.48. The van der Waals surface area contributed by atoms with Gasteiger partial charge in [-0.2, -0.15) is 0 Å². The minimum atomic E-state index is 0.232. The van der Waals surface area contributed by atoms with Crippen LogP contribution in [-0.2, 0) is 13.0 Å². The molecule has 1 aliphatic rings. The number of Topliss-reactive ketones (excluding diaryl/α,β-unsaturated/α-hetero) is 1. The van der Waals surface area contributed by atoms with Gasteiger partial charge in [0.1, 0.15) is 12.4 Å². The van der Waals surface area contributed by atoms with Crippen molar-refractivity contribution in [3.63, 3.8) is 0 Å². The van der Waals surface area contributed by atoms with Gasteiger partial charge < -0.3 is 4.74 Å². The fourth-order valence-corrected chi connectivity index (χ4v) is 2.33. The zero-order valence-corrected chi connectivity index (χ0v) is 10.1. The highest BCUT2D eigenvalue weighted by Crippen LogP contribution is 2.30. The molecule has 2 heteroatoms. The lowest BCUT2D eigenvalue weighted by molar-refractivity contribution is 0.0994. The van der Waals surface area contributed by atoms with E-state index in [1.54, 1.807) is 0 Å². The maximum absolute atomic E-state index is 11.6. The minimum absolute atomic E-state index is 0.232. The summed E-state index contributed by atoms with van der Waals surface area (Å²) in [5, 5.41) is 0. The average molecular weight is 238 g/mol. The molecule has 2 aromatic carbocycles. The lowest BCUT2D eigenvalue weighted by atomic mass is 10.1. The number of ketones is 1. The molecule has 0 unspecified atom stereocenters. The van der Waals surface area contributed by atoms with Gasteiger partial charge in [-0.25, -0.2) is 0 Å². The monoisotopic (exact) mass is 238 g/mol. The van der Waals surface area contributed by atoms with Gasteiger partial charge in [-0.15, -0.1) is 0 Å². The van der Waals surface area contributed by atoms with Gasteiger partial charge in [0.2, 0.25) is 0 Å². The summed E-state index contributed by atoms with van der Waals surface area (Å²) in [6.45, 7) is 0.547. The van der Waals surface area contributed by atoms with E-state index in [1.807, 2.05) is 48.5 Å². The largest absolute Gasteiger partial charge is 0.489 e. The summed E-state index contributed by atoms with van der Waals surface area (Å²) in [4.78, 5) is 11.6. The molecule has 0 amide bonds. The number of carbonyl (C=O) groups is 1. The van der Waals surface area contributed by atoms with E-state index in [4.69, 9.17) is 4.74 Å². The van der Waals surface area contributed by atoms with Crippen molar-refractivity contribution in [2.24, 2.45) is 0 Å². The highest BCUT2D eigenvalue weighted by atomic mass is 16.5. The summed E-state index contributed by atoms with van der Waals surface area (Å²) in [5.41, 5.74) is 3.04. The highest BCUT2D eigenvalue weighted by molar-refractivity contribution is 6.01. The molecule has 0 aromatic heterocycles. The Kier molecular flexibility index (Phi) is 2.85. The molecule has 90 valence electrons. The average Bonchev–Trinajstić information content (AvgIpc) is 2.80. The Labute approximate surface area is 106 Å². The summed E-state index contributed by atoms with van der Waals surface area (Å²) < 4.78 is 5.83. The van der Waals surface area contributed by atoms with Crippen LogP contribution in [-0.4, -0.2) is 5.78 Å². The molecule has 0 atom stereocenters. The molecule has 0 radical (unpaired) electrons. The van der Waals surface area contributed by atoms with Crippen LogP contribution in [0.15, 0.2) is 48.5 Å². The summed E-state index contributed by atoms with van der Waals surface area (Å²) in [6, 6.07) is 15.8. The van der Waals surface area contributed by atoms with Crippen LogP contribution >= 0.6 is 0 Å². The van der Waals surface area contributed by atoms with Gasteiger partial charge >= 0.3 is 0 Å². The fourth-order valence-electron chi connectivity index (χ4n) is 2.33.